The number of hydrogen-bond donors (Lipinski definition) is 14. The highest BCUT2D eigenvalue weighted by Crippen LogP contribution is 2.76. The van der Waals surface area contributed by atoms with Crippen LogP contribution in [0.4, 0.5) is 0 Å². The first-order valence-electron chi connectivity index (χ1n) is 33.4. The average Bonchev–Trinajstić information content (AvgIpc) is 0.669. The first kappa shape index (κ1) is 73.9. The molecule has 0 spiro atoms. The lowest BCUT2D eigenvalue weighted by Crippen LogP contribution is -2.70. The van der Waals surface area contributed by atoms with Crippen LogP contribution in [0.2, 0.25) is 0 Å². The molecule has 36 unspecified atom stereocenters. The van der Waals surface area contributed by atoms with Crippen molar-refractivity contribution in [3.8, 4) is 0 Å². The number of aliphatic hydroxyl groups is 14. The van der Waals surface area contributed by atoms with Gasteiger partial charge in [-0.2, -0.15) is 0 Å². The van der Waals surface area contributed by atoms with E-state index < -0.39 is 242 Å². The molecule has 0 aromatic heterocycles. The van der Waals surface area contributed by atoms with Crippen molar-refractivity contribution in [2.75, 3.05) is 13.2 Å². The lowest BCUT2D eigenvalue weighted by molar-refractivity contribution is -0.380. The first-order chi connectivity index (χ1) is 43.8. The molecule has 14 N–H and O–H groups in total. The quantitative estimate of drug-likeness (QED) is 0.0378. The molecule has 10 aliphatic rings. The Hall–Kier alpha value is -2.77. The summed E-state index contributed by atoms with van der Waals surface area (Å²) in [7, 11) is 0. The maximum atomic E-state index is 15.9. The topological polar surface area (TPSA) is 445 Å². The summed E-state index contributed by atoms with van der Waals surface area (Å²) < 4.78 is 71.3. The molecule has 9 fully saturated rings. The van der Waals surface area contributed by atoms with Gasteiger partial charge in [-0.25, -0.2) is 0 Å². The summed E-state index contributed by atoms with van der Waals surface area (Å²) in [5.41, 5.74) is -4.16. The number of carbonyl (C=O) groups excluding carboxylic acids is 3. The van der Waals surface area contributed by atoms with Gasteiger partial charge in [-0.05, 0) is 125 Å². The molecule has 0 amide bonds. The molecule has 94 heavy (non-hydrogen) atoms. The minimum absolute atomic E-state index is 0.0898. The van der Waals surface area contributed by atoms with Crippen molar-refractivity contribution < 1.29 is 143 Å². The molecule has 0 bridgehead atoms. The maximum absolute atomic E-state index is 15.9. The molecule has 0 aromatic carbocycles. The van der Waals surface area contributed by atoms with Crippen LogP contribution in [0, 0.1) is 50.2 Å². The smallest absolute Gasteiger partial charge is 0.317 e. The molecular weight excluding hydrogens is 1240 g/mol. The Labute approximate surface area is 546 Å². The standard InChI is InChI=1S/C65H104O29/c1-25(84-30(6)67)19-38(71)89-50-29(5)88-58(52(47(50)80)92-56-46(79)43(76)49(28(4)87-56)90-54-48(81)51(34(69)23-83-54)91-55-44(77)41(74)39(72)26(2)85-55)94-59(82)65-18-17-60(7,8)20-32(65)31-13-14-36-61(9)21-33(68)53(93-57-45(78)42(75)40(73)27(3)86-57)62(10,24-66)35(61)15-16-63(36,11)64(31,12)22-37(65)70/h13,25-29,32-37,39-58,66,68-70,72-81H,14-24H2,1-12H3. The molecular formula is C65H104O29. The predicted molar refractivity (Wildman–Crippen MR) is 318 cm³/mol. The minimum atomic E-state index is -2.07. The number of esters is 3. The molecule has 4 saturated carbocycles. The van der Waals surface area contributed by atoms with Gasteiger partial charge in [-0.3, -0.25) is 14.4 Å². The van der Waals surface area contributed by atoms with Crippen molar-refractivity contribution in [2.24, 2.45) is 50.2 Å². The van der Waals surface area contributed by atoms with Crippen molar-refractivity contribution in [1.29, 1.82) is 0 Å². The van der Waals surface area contributed by atoms with E-state index in [-0.39, 0.29) is 36.5 Å². The number of carbonyl (C=O) groups is 3. The van der Waals surface area contributed by atoms with Crippen molar-refractivity contribution in [3.63, 3.8) is 0 Å². The van der Waals surface area contributed by atoms with Gasteiger partial charge in [0.05, 0.1) is 62.4 Å². The summed E-state index contributed by atoms with van der Waals surface area (Å²) in [6.07, 6.45) is -38.4. The molecule has 0 aromatic rings. The monoisotopic (exact) mass is 1350 g/mol. The van der Waals surface area contributed by atoms with Crippen LogP contribution >= 0.6 is 0 Å². The van der Waals surface area contributed by atoms with Crippen LogP contribution in [0.1, 0.15) is 141 Å². The van der Waals surface area contributed by atoms with Gasteiger partial charge in [-0.1, -0.05) is 53.2 Å². The first-order valence-corrected chi connectivity index (χ1v) is 33.4. The van der Waals surface area contributed by atoms with E-state index in [4.69, 9.17) is 56.8 Å². The van der Waals surface area contributed by atoms with Gasteiger partial charge in [0, 0.05) is 12.3 Å². The van der Waals surface area contributed by atoms with Crippen molar-refractivity contribution in [1.82, 2.24) is 0 Å². The number of hydrogen-bond acceptors (Lipinski definition) is 29. The van der Waals surface area contributed by atoms with Crippen LogP contribution in [0.25, 0.3) is 0 Å². The van der Waals surface area contributed by atoms with E-state index in [1.807, 2.05) is 6.92 Å². The second kappa shape index (κ2) is 27.3. The molecule has 5 aliphatic heterocycles. The van der Waals surface area contributed by atoms with Crippen molar-refractivity contribution in [2.45, 2.75) is 313 Å². The molecule has 5 heterocycles. The minimum Gasteiger partial charge on any atom is -0.462 e. The fourth-order valence-corrected chi connectivity index (χ4v) is 18.7. The summed E-state index contributed by atoms with van der Waals surface area (Å²) in [4.78, 5) is 41.1. The molecule has 10 rings (SSSR count). The van der Waals surface area contributed by atoms with Gasteiger partial charge in [0.15, 0.2) is 37.4 Å². The van der Waals surface area contributed by atoms with E-state index in [0.717, 1.165) is 12.5 Å². The third-order valence-electron chi connectivity index (χ3n) is 24.2. The number of ether oxygens (including phenoxy) is 12. The Kier molecular flexibility index (Phi) is 21.5. The van der Waals surface area contributed by atoms with Crippen LogP contribution < -0.4 is 0 Å². The highest BCUT2D eigenvalue weighted by Gasteiger charge is 2.73. The van der Waals surface area contributed by atoms with Crippen molar-refractivity contribution in [3.05, 3.63) is 11.6 Å². The van der Waals surface area contributed by atoms with Gasteiger partial charge in [0.1, 0.15) is 90.9 Å². The lowest BCUT2D eigenvalue weighted by Gasteiger charge is -2.72. The van der Waals surface area contributed by atoms with E-state index in [9.17, 15) is 81.1 Å². The Bertz CT molecular complexity index is 2720. The lowest BCUT2D eigenvalue weighted by atomic mass is 9.33. The average molecular weight is 1350 g/mol. The SMILES string of the molecule is CC(=O)OC(C)CC(=O)OC1C(C)OC(OC(=O)C23CCC(C)(C)CC2C2=CCC4C5(C)CC(O)C(OC6OC(C)C(O)C(O)C6O)C(C)(CO)C5CCC4(C)C2(C)CC3O)C(OC2OC(C)C(OC3OCC(O)C(OC4OC(C)C(O)C(O)C4O)C3O)C(O)C2O)C1O. The molecule has 5 aliphatic carbocycles. The number of fused-ring (bicyclic) bond motifs is 7. The second-order valence-electron chi connectivity index (χ2n) is 30.8. The van der Waals surface area contributed by atoms with Crippen LogP contribution in [0.3, 0.4) is 0 Å². The van der Waals surface area contributed by atoms with E-state index in [1.54, 1.807) is 0 Å². The van der Waals surface area contributed by atoms with Gasteiger partial charge in [-0.15, -0.1) is 0 Å². The van der Waals surface area contributed by atoms with Gasteiger partial charge < -0.3 is 128 Å². The zero-order valence-electron chi connectivity index (χ0n) is 55.6. The Morgan fingerprint density at radius 2 is 1.12 bits per heavy atom. The number of allylic oxidation sites excluding steroid dienone is 2. The van der Waals surface area contributed by atoms with Gasteiger partial charge in [0.2, 0.25) is 6.29 Å². The van der Waals surface area contributed by atoms with Gasteiger partial charge in [0.25, 0.3) is 0 Å². The Morgan fingerprint density at radius 3 is 1.72 bits per heavy atom. The third kappa shape index (κ3) is 12.8. The second-order valence-corrected chi connectivity index (χ2v) is 30.8. The highest BCUT2D eigenvalue weighted by atomic mass is 16.8. The summed E-state index contributed by atoms with van der Waals surface area (Å²) in [6, 6.07) is 0. The summed E-state index contributed by atoms with van der Waals surface area (Å²) in [5.74, 6) is -3.53. The Morgan fingerprint density at radius 1 is 0.564 bits per heavy atom. The van der Waals surface area contributed by atoms with Crippen LogP contribution in [-0.4, -0.2) is 274 Å². The van der Waals surface area contributed by atoms with E-state index in [0.29, 0.717) is 32.1 Å². The molecule has 5 saturated heterocycles. The zero-order valence-corrected chi connectivity index (χ0v) is 55.6. The van der Waals surface area contributed by atoms with E-state index >= 15 is 4.79 Å². The predicted octanol–water partition coefficient (Wildman–Crippen LogP) is -1.65. The van der Waals surface area contributed by atoms with E-state index in [2.05, 4.69) is 40.7 Å². The fourth-order valence-electron chi connectivity index (χ4n) is 18.7. The highest BCUT2D eigenvalue weighted by molar-refractivity contribution is 5.80. The van der Waals surface area contributed by atoms with Crippen LogP contribution in [0.15, 0.2) is 11.6 Å². The number of rotatable bonds is 15. The molecule has 0 radical (unpaired) electrons. The molecule has 538 valence electrons. The summed E-state index contributed by atoms with van der Waals surface area (Å²) in [5, 5.41) is 159. The zero-order chi connectivity index (χ0) is 69.2. The fraction of sp³-hybridized carbons (Fsp3) is 0.923. The summed E-state index contributed by atoms with van der Waals surface area (Å²) >= 11 is 0. The van der Waals surface area contributed by atoms with Crippen LogP contribution in [-0.2, 0) is 71.2 Å². The summed E-state index contributed by atoms with van der Waals surface area (Å²) in [6.45, 7) is 20.0. The molecule has 29 heteroatoms. The Balaban J connectivity index is 0.906. The third-order valence-corrected chi connectivity index (χ3v) is 24.2. The molecule has 29 nitrogen and oxygen atoms in total. The van der Waals surface area contributed by atoms with E-state index in [1.165, 1.54) is 34.6 Å². The molecule has 36 atom stereocenters. The van der Waals surface area contributed by atoms with Gasteiger partial charge >= 0.3 is 17.9 Å². The van der Waals surface area contributed by atoms with Crippen LogP contribution in [0.5, 0.6) is 0 Å². The maximum Gasteiger partial charge on any atom is 0.317 e. The normalized spacial score (nSPS) is 52.9. The van der Waals surface area contributed by atoms with Crippen molar-refractivity contribution >= 4 is 17.9 Å². The number of aliphatic hydroxyl groups excluding tert-OH is 14. The largest absolute Gasteiger partial charge is 0.462 e.